The quantitative estimate of drug-likeness (QED) is 0.825. The molecule has 1 saturated heterocycles. The first-order valence-electron chi connectivity index (χ1n) is 8.84. The van der Waals surface area contributed by atoms with Gasteiger partial charge >= 0.3 is 6.36 Å². The summed E-state index contributed by atoms with van der Waals surface area (Å²) in [6.45, 7) is 1.60. The van der Waals surface area contributed by atoms with Crippen LogP contribution in [0.3, 0.4) is 0 Å². The smallest absolute Gasteiger partial charge is 0.405 e. The number of ether oxygens (including phenoxy) is 1. The minimum atomic E-state index is -4.78. The summed E-state index contributed by atoms with van der Waals surface area (Å²) in [6, 6.07) is 14.8. The Kier molecular flexibility index (Phi) is 6.01. The second-order valence-corrected chi connectivity index (χ2v) is 6.43. The maximum absolute atomic E-state index is 12.9. The van der Waals surface area contributed by atoms with Gasteiger partial charge in [0.15, 0.2) is 0 Å². The van der Waals surface area contributed by atoms with Crippen molar-refractivity contribution in [2.24, 2.45) is 0 Å². The van der Waals surface area contributed by atoms with Gasteiger partial charge in [0.05, 0.1) is 0 Å². The van der Waals surface area contributed by atoms with Crippen LogP contribution in [-0.2, 0) is 11.3 Å². The molecule has 1 N–H and O–H groups in total. The Morgan fingerprint density at radius 1 is 1.04 bits per heavy atom. The minimum Gasteiger partial charge on any atom is -0.405 e. The molecule has 1 amide bonds. The molecule has 0 aromatic heterocycles. The first-order chi connectivity index (χ1) is 12.9. The largest absolute Gasteiger partial charge is 0.573 e. The molecule has 0 spiro atoms. The van der Waals surface area contributed by atoms with E-state index in [4.69, 9.17) is 0 Å². The van der Waals surface area contributed by atoms with Gasteiger partial charge in [0.25, 0.3) is 0 Å². The number of likely N-dealkylation sites (tertiary alicyclic amines) is 1. The number of benzene rings is 2. The van der Waals surface area contributed by atoms with E-state index in [0.29, 0.717) is 0 Å². The summed E-state index contributed by atoms with van der Waals surface area (Å²) in [4.78, 5) is 15.0. The van der Waals surface area contributed by atoms with Gasteiger partial charge in [-0.3, -0.25) is 9.69 Å². The first kappa shape index (κ1) is 19.2. The molecule has 1 aliphatic heterocycles. The average Bonchev–Trinajstić information content (AvgIpc) is 3.15. The molecule has 7 heteroatoms. The fourth-order valence-corrected chi connectivity index (χ4v) is 3.32. The third-order valence-corrected chi connectivity index (χ3v) is 4.52. The van der Waals surface area contributed by atoms with Gasteiger partial charge in [0.1, 0.15) is 11.8 Å². The Morgan fingerprint density at radius 3 is 2.33 bits per heavy atom. The number of hydrogen-bond donors (Lipinski definition) is 1. The number of alkyl halides is 3. The van der Waals surface area contributed by atoms with E-state index in [0.717, 1.165) is 31.5 Å². The zero-order valence-electron chi connectivity index (χ0n) is 14.7. The highest BCUT2D eigenvalue weighted by Gasteiger charge is 2.32. The molecule has 0 radical (unpaired) electrons. The van der Waals surface area contributed by atoms with Crippen LogP contribution in [0.1, 0.15) is 30.0 Å². The van der Waals surface area contributed by atoms with Crippen molar-refractivity contribution in [2.45, 2.75) is 31.8 Å². The minimum absolute atomic E-state index is 0.0394. The Hall–Kier alpha value is -2.54. The summed E-state index contributed by atoms with van der Waals surface area (Å²) >= 11 is 0. The van der Waals surface area contributed by atoms with E-state index in [1.54, 1.807) is 6.07 Å². The SMILES string of the molecule is O=C(NCc1ccccc1OC(F)(F)F)C(c1ccccc1)N1CCCC1. The maximum atomic E-state index is 12.9. The van der Waals surface area contributed by atoms with E-state index in [-0.39, 0.29) is 23.8 Å². The molecule has 144 valence electrons. The van der Waals surface area contributed by atoms with Gasteiger partial charge in [-0.25, -0.2) is 0 Å². The van der Waals surface area contributed by atoms with Crippen LogP contribution in [0.5, 0.6) is 5.75 Å². The van der Waals surface area contributed by atoms with Crippen LogP contribution in [0.15, 0.2) is 54.6 Å². The lowest BCUT2D eigenvalue weighted by molar-refractivity contribution is -0.274. The zero-order chi connectivity index (χ0) is 19.3. The third-order valence-electron chi connectivity index (χ3n) is 4.52. The summed E-state index contributed by atoms with van der Waals surface area (Å²) in [7, 11) is 0. The maximum Gasteiger partial charge on any atom is 0.573 e. The number of halogens is 3. The molecule has 0 bridgehead atoms. The lowest BCUT2D eigenvalue weighted by atomic mass is 10.0. The van der Waals surface area contributed by atoms with Gasteiger partial charge in [0.2, 0.25) is 5.91 Å². The molecule has 1 aliphatic rings. The Bertz CT molecular complexity index is 759. The summed E-state index contributed by atoms with van der Waals surface area (Å²) in [6.07, 6.45) is -2.72. The van der Waals surface area contributed by atoms with E-state index in [9.17, 15) is 18.0 Å². The molecular formula is C20H21F3N2O2. The van der Waals surface area contributed by atoms with E-state index in [1.807, 2.05) is 30.3 Å². The number of rotatable bonds is 6. The Balaban J connectivity index is 1.73. The molecule has 0 saturated carbocycles. The van der Waals surface area contributed by atoms with E-state index in [1.165, 1.54) is 18.2 Å². The highest BCUT2D eigenvalue weighted by atomic mass is 19.4. The predicted octanol–water partition coefficient (Wildman–Crippen LogP) is 4.04. The third kappa shape index (κ3) is 5.23. The van der Waals surface area contributed by atoms with E-state index in [2.05, 4.69) is 15.0 Å². The summed E-state index contributed by atoms with van der Waals surface area (Å²) in [5, 5.41) is 2.77. The highest BCUT2D eigenvalue weighted by molar-refractivity contribution is 5.83. The van der Waals surface area contributed by atoms with Gasteiger partial charge < -0.3 is 10.1 Å². The molecule has 0 aliphatic carbocycles. The molecule has 2 aromatic carbocycles. The molecule has 1 atom stereocenters. The number of carbonyl (C=O) groups excluding carboxylic acids is 1. The summed E-state index contributed by atoms with van der Waals surface area (Å²) in [5.41, 5.74) is 1.15. The van der Waals surface area contributed by atoms with Crippen LogP contribution in [0.4, 0.5) is 13.2 Å². The van der Waals surface area contributed by atoms with Crippen molar-refractivity contribution >= 4 is 5.91 Å². The number of nitrogens with one attached hydrogen (secondary N) is 1. The summed E-state index contributed by atoms with van der Waals surface area (Å²) in [5.74, 6) is -0.535. The Labute approximate surface area is 155 Å². The van der Waals surface area contributed by atoms with Gasteiger partial charge in [-0.1, -0.05) is 48.5 Å². The van der Waals surface area contributed by atoms with Crippen LogP contribution in [-0.4, -0.2) is 30.3 Å². The van der Waals surface area contributed by atoms with Crippen molar-refractivity contribution in [1.29, 1.82) is 0 Å². The van der Waals surface area contributed by atoms with Crippen LogP contribution >= 0.6 is 0 Å². The van der Waals surface area contributed by atoms with Crippen LogP contribution in [0.2, 0.25) is 0 Å². The molecule has 3 rings (SSSR count). The average molecular weight is 378 g/mol. The lowest BCUT2D eigenvalue weighted by Crippen LogP contribution is -2.39. The van der Waals surface area contributed by atoms with E-state index < -0.39 is 12.4 Å². The van der Waals surface area contributed by atoms with Gasteiger partial charge in [-0.05, 0) is 37.6 Å². The topological polar surface area (TPSA) is 41.6 Å². The second-order valence-electron chi connectivity index (χ2n) is 6.43. The van der Waals surface area contributed by atoms with Crippen molar-refractivity contribution < 1.29 is 22.7 Å². The molecule has 2 aromatic rings. The molecule has 4 nitrogen and oxygen atoms in total. The fourth-order valence-electron chi connectivity index (χ4n) is 3.32. The van der Waals surface area contributed by atoms with Crippen molar-refractivity contribution in [1.82, 2.24) is 10.2 Å². The predicted molar refractivity (Wildman–Crippen MR) is 95.0 cm³/mol. The number of carbonyl (C=O) groups is 1. The number of nitrogens with zero attached hydrogens (tertiary/aromatic N) is 1. The first-order valence-corrected chi connectivity index (χ1v) is 8.84. The van der Waals surface area contributed by atoms with Crippen LogP contribution < -0.4 is 10.1 Å². The van der Waals surface area contributed by atoms with Gasteiger partial charge in [-0.2, -0.15) is 0 Å². The van der Waals surface area contributed by atoms with Gasteiger partial charge in [-0.15, -0.1) is 13.2 Å². The van der Waals surface area contributed by atoms with Crippen LogP contribution in [0.25, 0.3) is 0 Å². The van der Waals surface area contributed by atoms with Crippen LogP contribution in [0, 0.1) is 0 Å². The number of amides is 1. The monoisotopic (exact) mass is 378 g/mol. The standard InChI is InChI=1S/C20H21F3N2O2/c21-20(22,23)27-17-11-5-4-10-16(17)14-24-19(26)18(25-12-6-7-13-25)15-8-2-1-3-9-15/h1-5,8-11,18H,6-7,12-14H2,(H,24,26). The van der Waals surface area contributed by atoms with Gasteiger partial charge in [0, 0.05) is 12.1 Å². The summed E-state index contributed by atoms with van der Waals surface area (Å²) < 4.78 is 41.7. The lowest BCUT2D eigenvalue weighted by Gasteiger charge is -2.27. The normalized spacial score (nSPS) is 16.1. The molecular weight excluding hydrogens is 357 g/mol. The highest BCUT2D eigenvalue weighted by Crippen LogP contribution is 2.28. The van der Waals surface area contributed by atoms with Crippen molar-refractivity contribution in [3.8, 4) is 5.75 Å². The number of para-hydroxylation sites is 1. The molecule has 1 unspecified atom stereocenters. The van der Waals surface area contributed by atoms with E-state index >= 15 is 0 Å². The zero-order valence-corrected chi connectivity index (χ0v) is 14.7. The number of hydrogen-bond acceptors (Lipinski definition) is 3. The molecule has 1 heterocycles. The van der Waals surface area contributed by atoms with Crippen molar-refractivity contribution in [3.63, 3.8) is 0 Å². The van der Waals surface area contributed by atoms with Crippen molar-refractivity contribution in [2.75, 3.05) is 13.1 Å². The fraction of sp³-hybridized carbons (Fsp3) is 0.350. The van der Waals surface area contributed by atoms with Crippen molar-refractivity contribution in [3.05, 3.63) is 65.7 Å². The second kappa shape index (κ2) is 8.43. The molecule has 27 heavy (non-hydrogen) atoms. The Morgan fingerprint density at radius 2 is 1.67 bits per heavy atom. The molecule has 1 fully saturated rings.